The number of thioether (sulfide) groups is 1. The van der Waals surface area contributed by atoms with E-state index in [9.17, 15) is 0 Å². The molecule has 3 nitrogen and oxygen atoms in total. The van der Waals surface area contributed by atoms with E-state index in [-0.39, 0.29) is 0 Å². The highest BCUT2D eigenvalue weighted by atomic mass is 32.2. The van der Waals surface area contributed by atoms with E-state index in [2.05, 4.69) is 40.6 Å². The number of amidine groups is 1. The molecule has 1 aliphatic rings. The highest BCUT2D eigenvalue weighted by molar-refractivity contribution is 8.14. The van der Waals surface area contributed by atoms with Gasteiger partial charge in [0.05, 0.1) is 11.8 Å². The van der Waals surface area contributed by atoms with Crippen LogP contribution in [0.1, 0.15) is 30.1 Å². The Bertz CT molecular complexity index is 394. The quantitative estimate of drug-likeness (QED) is 0.777. The lowest BCUT2D eigenvalue weighted by molar-refractivity contribution is 0.192. The number of ether oxygens (including phenoxy) is 1. The van der Waals surface area contributed by atoms with Crippen LogP contribution in [0.5, 0.6) is 0 Å². The molecule has 0 amide bonds. The molecule has 4 heteroatoms. The second-order valence-corrected chi connectivity index (χ2v) is 5.83. The van der Waals surface area contributed by atoms with Gasteiger partial charge in [-0.2, -0.15) is 0 Å². The van der Waals surface area contributed by atoms with Gasteiger partial charge >= 0.3 is 0 Å². The molecule has 1 atom stereocenters. The highest BCUT2D eigenvalue weighted by Gasteiger charge is 2.20. The zero-order valence-electron chi connectivity index (χ0n) is 11.5. The number of benzene rings is 1. The Labute approximate surface area is 119 Å². The van der Waals surface area contributed by atoms with Gasteiger partial charge in [-0.15, -0.1) is 0 Å². The first-order chi connectivity index (χ1) is 9.40. The van der Waals surface area contributed by atoms with E-state index in [1.54, 1.807) is 7.11 Å². The van der Waals surface area contributed by atoms with Crippen LogP contribution < -0.4 is 5.32 Å². The molecule has 1 unspecified atom stereocenters. The maximum Gasteiger partial charge on any atom is 0.157 e. The molecule has 0 saturated carbocycles. The second-order valence-electron chi connectivity index (χ2n) is 4.64. The molecule has 0 fully saturated rings. The van der Waals surface area contributed by atoms with Crippen molar-refractivity contribution >= 4 is 16.9 Å². The van der Waals surface area contributed by atoms with E-state index >= 15 is 0 Å². The van der Waals surface area contributed by atoms with Crippen LogP contribution in [0.3, 0.4) is 0 Å². The van der Waals surface area contributed by atoms with E-state index in [1.165, 1.54) is 18.4 Å². The van der Waals surface area contributed by atoms with Crippen molar-refractivity contribution in [3.63, 3.8) is 0 Å². The third kappa shape index (κ3) is 4.88. The summed E-state index contributed by atoms with van der Waals surface area (Å²) in [7, 11) is 1.76. The molecule has 0 saturated heterocycles. The summed E-state index contributed by atoms with van der Waals surface area (Å²) < 4.78 is 5.04. The number of rotatable bonds is 7. The average molecular weight is 278 g/mol. The Kier molecular flexibility index (Phi) is 6.24. The topological polar surface area (TPSA) is 33.6 Å². The van der Waals surface area contributed by atoms with Crippen LogP contribution in [-0.2, 0) is 4.74 Å². The molecule has 0 radical (unpaired) electrons. The number of methoxy groups -OCH3 is 1. The lowest BCUT2D eigenvalue weighted by Gasteiger charge is -2.09. The van der Waals surface area contributed by atoms with Gasteiger partial charge in [-0.3, -0.25) is 4.99 Å². The summed E-state index contributed by atoms with van der Waals surface area (Å²) in [6, 6.07) is 10.6. The Balaban J connectivity index is 1.62. The van der Waals surface area contributed by atoms with Crippen molar-refractivity contribution in [3.05, 3.63) is 35.9 Å². The lowest BCUT2D eigenvalue weighted by Crippen LogP contribution is -2.20. The number of nitrogens with one attached hydrogen (secondary N) is 1. The lowest BCUT2D eigenvalue weighted by atomic mass is 10.1. The third-order valence-electron chi connectivity index (χ3n) is 3.13. The molecule has 1 aliphatic heterocycles. The molecule has 0 aliphatic carbocycles. The molecule has 1 heterocycles. The fourth-order valence-electron chi connectivity index (χ4n) is 2.06. The van der Waals surface area contributed by atoms with E-state index in [0.29, 0.717) is 5.25 Å². The van der Waals surface area contributed by atoms with E-state index in [4.69, 9.17) is 4.74 Å². The summed E-state index contributed by atoms with van der Waals surface area (Å²) in [5.41, 5.74) is 1.37. The minimum absolute atomic E-state index is 0.484. The van der Waals surface area contributed by atoms with Gasteiger partial charge in [0.15, 0.2) is 5.17 Å². The zero-order valence-corrected chi connectivity index (χ0v) is 12.3. The van der Waals surface area contributed by atoms with Gasteiger partial charge in [-0.1, -0.05) is 42.1 Å². The summed E-state index contributed by atoms with van der Waals surface area (Å²) in [5, 5.41) is 5.01. The van der Waals surface area contributed by atoms with Gasteiger partial charge in [-0.05, 0) is 24.8 Å². The third-order valence-corrected chi connectivity index (χ3v) is 4.33. The Morgan fingerprint density at radius 2 is 2.11 bits per heavy atom. The van der Waals surface area contributed by atoms with Gasteiger partial charge in [0.2, 0.25) is 0 Å². The summed E-state index contributed by atoms with van der Waals surface area (Å²) >= 11 is 1.85. The van der Waals surface area contributed by atoms with E-state index < -0.39 is 0 Å². The Morgan fingerprint density at radius 3 is 2.89 bits per heavy atom. The molecule has 19 heavy (non-hydrogen) atoms. The first kappa shape index (κ1) is 14.4. The predicted octanol–water partition coefficient (Wildman–Crippen LogP) is 3.24. The molecule has 1 aromatic carbocycles. The molecule has 0 spiro atoms. The van der Waals surface area contributed by atoms with Crippen molar-refractivity contribution in [1.82, 2.24) is 5.32 Å². The normalized spacial score (nSPS) is 18.4. The fraction of sp³-hybridized carbons (Fsp3) is 0.533. The minimum Gasteiger partial charge on any atom is -0.385 e. The summed E-state index contributed by atoms with van der Waals surface area (Å²) in [5.74, 6) is 0. The van der Waals surface area contributed by atoms with Gasteiger partial charge < -0.3 is 10.1 Å². The number of unbranched alkanes of at least 4 members (excludes halogenated alkanes) is 2. The van der Waals surface area contributed by atoms with Crippen LogP contribution in [-0.4, -0.2) is 32.0 Å². The van der Waals surface area contributed by atoms with Crippen molar-refractivity contribution in [3.8, 4) is 0 Å². The van der Waals surface area contributed by atoms with Gasteiger partial charge in [-0.25, -0.2) is 0 Å². The fourth-order valence-corrected chi connectivity index (χ4v) is 3.10. The first-order valence-electron chi connectivity index (χ1n) is 6.89. The van der Waals surface area contributed by atoms with E-state index in [1.807, 2.05) is 11.8 Å². The van der Waals surface area contributed by atoms with Crippen LogP contribution in [0.15, 0.2) is 35.3 Å². The van der Waals surface area contributed by atoms with Crippen molar-refractivity contribution < 1.29 is 4.74 Å². The van der Waals surface area contributed by atoms with Gasteiger partial charge in [0.25, 0.3) is 0 Å². The summed E-state index contributed by atoms with van der Waals surface area (Å²) in [4.78, 5) is 4.57. The predicted molar refractivity (Wildman–Crippen MR) is 82.8 cm³/mol. The number of hydrogen-bond acceptors (Lipinski definition) is 4. The molecule has 2 rings (SSSR count). The Hall–Kier alpha value is -1.00. The van der Waals surface area contributed by atoms with Crippen LogP contribution in [0.4, 0.5) is 0 Å². The minimum atomic E-state index is 0.484. The molecular weight excluding hydrogens is 256 g/mol. The van der Waals surface area contributed by atoms with Crippen LogP contribution >= 0.6 is 11.8 Å². The first-order valence-corrected chi connectivity index (χ1v) is 7.77. The standard InChI is InChI=1S/C15H22N2OS/c1-18-11-7-3-6-10-16-15-17-12-14(19-15)13-8-4-2-5-9-13/h2,4-5,8-9,14H,3,6-7,10-12H2,1H3,(H,16,17). The Morgan fingerprint density at radius 1 is 1.26 bits per heavy atom. The molecule has 1 N–H and O–H groups in total. The maximum absolute atomic E-state index is 5.04. The van der Waals surface area contributed by atoms with Crippen LogP contribution in [0, 0.1) is 0 Å². The average Bonchev–Trinajstić information content (AvgIpc) is 2.92. The van der Waals surface area contributed by atoms with Crippen molar-refractivity contribution in [2.45, 2.75) is 24.5 Å². The molecule has 104 valence electrons. The number of nitrogens with zero attached hydrogens (tertiary/aromatic N) is 1. The largest absolute Gasteiger partial charge is 0.385 e. The monoisotopic (exact) mass is 278 g/mol. The van der Waals surface area contributed by atoms with Crippen LogP contribution in [0.2, 0.25) is 0 Å². The van der Waals surface area contributed by atoms with Gasteiger partial charge in [0, 0.05) is 20.3 Å². The SMILES string of the molecule is COCCCCCNC1=NCC(c2ccccc2)S1. The summed E-state index contributed by atoms with van der Waals surface area (Å²) in [6.45, 7) is 2.77. The molecule has 1 aromatic rings. The second kappa shape index (κ2) is 8.23. The molecule has 0 bridgehead atoms. The molecule has 0 aromatic heterocycles. The van der Waals surface area contributed by atoms with E-state index in [0.717, 1.165) is 31.3 Å². The maximum atomic E-state index is 5.04. The summed E-state index contributed by atoms with van der Waals surface area (Å²) in [6.07, 6.45) is 3.53. The zero-order chi connectivity index (χ0) is 13.3. The van der Waals surface area contributed by atoms with Crippen LogP contribution in [0.25, 0.3) is 0 Å². The highest BCUT2D eigenvalue weighted by Crippen LogP contribution is 2.34. The van der Waals surface area contributed by atoms with Crippen molar-refractivity contribution in [2.24, 2.45) is 4.99 Å². The smallest absolute Gasteiger partial charge is 0.157 e. The van der Waals surface area contributed by atoms with Gasteiger partial charge in [0.1, 0.15) is 0 Å². The molecular formula is C15H22N2OS. The number of hydrogen-bond donors (Lipinski definition) is 1. The number of aliphatic imine (C=N–C) groups is 1. The van der Waals surface area contributed by atoms with Crippen molar-refractivity contribution in [2.75, 3.05) is 26.8 Å². The van der Waals surface area contributed by atoms with Crippen molar-refractivity contribution in [1.29, 1.82) is 0 Å².